The van der Waals surface area contributed by atoms with Crippen molar-refractivity contribution in [2.45, 2.75) is 11.3 Å². The van der Waals surface area contributed by atoms with E-state index in [1.807, 2.05) is 0 Å². The maximum absolute atomic E-state index is 12.2. The first-order chi connectivity index (χ1) is 14.1. The molecular formula is C18H16ClN5O5S. The van der Waals surface area contributed by atoms with E-state index in [1.54, 1.807) is 18.2 Å². The van der Waals surface area contributed by atoms with Crippen molar-refractivity contribution in [2.75, 3.05) is 11.9 Å². The molecule has 0 aliphatic heterocycles. The monoisotopic (exact) mass is 449 g/mol. The summed E-state index contributed by atoms with van der Waals surface area (Å²) in [4.78, 5) is 22.4. The Morgan fingerprint density at radius 3 is 2.50 bits per heavy atom. The fourth-order valence-corrected chi connectivity index (χ4v) is 3.02. The summed E-state index contributed by atoms with van der Waals surface area (Å²) in [5.74, 6) is -0.751. The highest BCUT2D eigenvalue weighted by Crippen LogP contribution is 2.27. The van der Waals surface area contributed by atoms with E-state index in [1.165, 1.54) is 30.5 Å². The maximum atomic E-state index is 12.2. The average Bonchev–Trinajstić information content (AvgIpc) is 2.69. The number of nitrogens with two attached hydrogens (primary N) is 1. The molecular weight excluding hydrogens is 434 g/mol. The van der Waals surface area contributed by atoms with Crippen LogP contribution in [0.4, 0.5) is 11.4 Å². The summed E-state index contributed by atoms with van der Waals surface area (Å²) in [7, 11) is -3.75. The minimum absolute atomic E-state index is 0.00461. The second-order valence-corrected chi connectivity index (χ2v) is 7.91. The van der Waals surface area contributed by atoms with Crippen molar-refractivity contribution in [1.29, 1.82) is 5.26 Å². The van der Waals surface area contributed by atoms with E-state index >= 15 is 0 Å². The fourth-order valence-electron chi connectivity index (χ4n) is 2.31. The molecule has 0 fully saturated rings. The molecule has 10 nitrogen and oxygen atoms in total. The molecule has 1 amide bonds. The Hall–Kier alpha value is -3.46. The lowest BCUT2D eigenvalue weighted by molar-refractivity contribution is -0.384. The number of nitro benzene ring substituents is 1. The van der Waals surface area contributed by atoms with E-state index in [0.29, 0.717) is 13.0 Å². The van der Waals surface area contributed by atoms with Crippen LogP contribution in [-0.2, 0) is 21.2 Å². The third-order valence-corrected chi connectivity index (χ3v) is 5.07. The number of primary sulfonamides is 1. The lowest BCUT2D eigenvalue weighted by atomic mass is 10.1. The minimum Gasteiger partial charge on any atom is -0.389 e. The van der Waals surface area contributed by atoms with Crippen molar-refractivity contribution in [3.8, 4) is 6.07 Å². The molecule has 0 aliphatic rings. The molecule has 0 aromatic heterocycles. The molecule has 0 radical (unpaired) electrons. The van der Waals surface area contributed by atoms with Gasteiger partial charge in [-0.05, 0) is 36.2 Å². The number of nitrogens with zero attached hydrogens (tertiary/aromatic N) is 2. The highest BCUT2D eigenvalue weighted by molar-refractivity contribution is 7.89. The Bertz CT molecular complexity index is 1140. The first kappa shape index (κ1) is 22.8. The Balaban J connectivity index is 1.96. The molecule has 156 valence electrons. The number of amides is 1. The van der Waals surface area contributed by atoms with Gasteiger partial charge in [0.1, 0.15) is 16.7 Å². The quantitative estimate of drug-likeness (QED) is 0.182. The lowest BCUT2D eigenvalue weighted by Gasteiger charge is -2.06. The van der Waals surface area contributed by atoms with Crippen LogP contribution in [0, 0.1) is 21.4 Å². The number of sulfonamides is 1. The molecule has 2 aromatic carbocycles. The minimum atomic E-state index is -3.75. The fraction of sp³-hybridized carbons (Fsp3) is 0.111. The molecule has 0 spiro atoms. The number of halogens is 1. The smallest absolute Gasteiger partial charge is 0.289 e. The van der Waals surface area contributed by atoms with Gasteiger partial charge in [0.15, 0.2) is 0 Å². The first-order valence-electron chi connectivity index (χ1n) is 8.32. The summed E-state index contributed by atoms with van der Waals surface area (Å²) in [6.07, 6.45) is 1.71. The molecule has 0 bridgehead atoms. The van der Waals surface area contributed by atoms with Crippen LogP contribution in [0.2, 0.25) is 5.02 Å². The molecule has 2 rings (SSSR count). The van der Waals surface area contributed by atoms with Gasteiger partial charge in [-0.1, -0.05) is 23.7 Å². The largest absolute Gasteiger partial charge is 0.389 e. The zero-order valence-corrected chi connectivity index (χ0v) is 16.9. The second-order valence-electron chi connectivity index (χ2n) is 5.94. The van der Waals surface area contributed by atoms with E-state index in [0.717, 1.165) is 11.6 Å². The predicted molar refractivity (Wildman–Crippen MR) is 110 cm³/mol. The number of nitro groups is 1. The summed E-state index contributed by atoms with van der Waals surface area (Å²) < 4.78 is 22.5. The molecule has 0 heterocycles. The van der Waals surface area contributed by atoms with E-state index in [4.69, 9.17) is 22.0 Å². The number of carbonyl (C=O) groups excluding carboxylic acids is 1. The molecule has 30 heavy (non-hydrogen) atoms. The van der Waals surface area contributed by atoms with Crippen molar-refractivity contribution in [3.63, 3.8) is 0 Å². The predicted octanol–water partition coefficient (Wildman–Crippen LogP) is 2.07. The van der Waals surface area contributed by atoms with Gasteiger partial charge in [-0.25, -0.2) is 13.6 Å². The second kappa shape index (κ2) is 9.84. The van der Waals surface area contributed by atoms with Gasteiger partial charge in [0.2, 0.25) is 10.0 Å². The van der Waals surface area contributed by atoms with Crippen molar-refractivity contribution in [2.24, 2.45) is 5.14 Å². The summed E-state index contributed by atoms with van der Waals surface area (Å²) >= 11 is 5.72. The number of nitrogens with one attached hydrogen (secondary N) is 2. The molecule has 0 saturated heterocycles. The Morgan fingerprint density at radius 1 is 1.27 bits per heavy atom. The third-order valence-electron chi connectivity index (χ3n) is 3.82. The molecule has 4 N–H and O–H groups in total. The molecule has 0 aliphatic carbocycles. The van der Waals surface area contributed by atoms with Crippen molar-refractivity contribution < 1.29 is 18.1 Å². The Morgan fingerprint density at radius 2 is 1.93 bits per heavy atom. The van der Waals surface area contributed by atoms with Crippen LogP contribution in [0.3, 0.4) is 0 Å². The zero-order valence-electron chi connectivity index (χ0n) is 15.3. The van der Waals surface area contributed by atoms with Gasteiger partial charge in [0.05, 0.1) is 9.82 Å². The van der Waals surface area contributed by atoms with Gasteiger partial charge in [-0.3, -0.25) is 14.9 Å². The van der Waals surface area contributed by atoms with Gasteiger partial charge in [-0.15, -0.1) is 0 Å². The van der Waals surface area contributed by atoms with Crippen LogP contribution >= 0.6 is 11.6 Å². The van der Waals surface area contributed by atoms with Crippen molar-refractivity contribution in [1.82, 2.24) is 5.32 Å². The van der Waals surface area contributed by atoms with E-state index in [-0.39, 0.29) is 26.9 Å². The van der Waals surface area contributed by atoms with Crippen LogP contribution < -0.4 is 15.8 Å². The number of hydrogen-bond donors (Lipinski definition) is 3. The summed E-state index contributed by atoms with van der Waals surface area (Å²) in [5.41, 5.74) is 0.327. The highest BCUT2D eigenvalue weighted by Gasteiger charge is 2.15. The number of hydrogen-bond acceptors (Lipinski definition) is 7. The molecule has 2 aromatic rings. The van der Waals surface area contributed by atoms with E-state index < -0.39 is 20.9 Å². The SMILES string of the molecule is N#C/C(=C/NCCc1ccc(S(N)(=O)=O)cc1)C(=O)Nc1ccc(Cl)c([N+](=O)[O-])c1. The van der Waals surface area contributed by atoms with E-state index in [2.05, 4.69) is 10.6 Å². The summed E-state index contributed by atoms with van der Waals surface area (Å²) in [5, 5.41) is 30.2. The summed E-state index contributed by atoms with van der Waals surface area (Å²) in [6.45, 7) is 0.361. The average molecular weight is 450 g/mol. The normalized spacial score (nSPS) is 11.4. The van der Waals surface area contributed by atoms with Crippen LogP contribution in [-0.4, -0.2) is 25.8 Å². The third kappa shape index (κ3) is 6.28. The Kier molecular flexibility index (Phi) is 7.48. The van der Waals surface area contributed by atoms with Crippen molar-refractivity contribution in [3.05, 3.63) is 74.9 Å². The van der Waals surface area contributed by atoms with Crippen molar-refractivity contribution >= 4 is 38.9 Å². The van der Waals surface area contributed by atoms with Crippen LogP contribution in [0.15, 0.2) is 59.1 Å². The maximum Gasteiger partial charge on any atom is 0.289 e. The van der Waals surface area contributed by atoms with Gasteiger partial charge < -0.3 is 10.6 Å². The van der Waals surface area contributed by atoms with Gasteiger partial charge in [0, 0.05) is 24.5 Å². The van der Waals surface area contributed by atoms with Gasteiger partial charge >= 0.3 is 0 Å². The van der Waals surface area contributed by atoms with Crippen LogP contribution in [0.1, 0.15) is 5.56 Å². The zero-order chi connectivity index (χ0) is 22.3. The Labute approximate surface area is 177 Å². The van der Waals surface area contributed by atoms with Gasteiger partial charge in [0.25, 0.3) is 11.6 Å². The topological polar surface area (TPSA) is 168 Å². The number of benzene rings is 2. The number of anilines is 1. The molecule has 0 atom stereocenters. The standard InChI is InChI=1S/C18H16ClN5O5S/c19-16-6-3-14(9-17(16)24(26)27)23-18(25)13(10-20)11-22-8-7-12-1-4-15(5-2-12)30(21,28)29/h1-6,9,11,22H,7-8H2,(H,23,25)(H2,21,28,29)/b13-11-. The van der Waals surface area contributed by atoms with Gasteiger partial charge in [-0.2, -0.15) is 5.26 Å². The highest BCUT2D eigenvalue weighted by atomic mass is 35.5. The van der Waals surface area contributed by atoms with Crippen LogP contribution in [0.25, 0.3) is 0 Å². The number of rotatable bonds is 8. The first-order valence-corrected chi connectivity index (χ1v) is 10.2. The number of nitriles is 1. The molecule has 0 saturated carbocycles. The summed E-state index contributed by atoms with van der Waals surface area (Å²) in [6, 6.07) is 11.5. The lowest BCUT2D eigenvalue weighted by Crippen LogP contribution is -2.18. The molecule has 0 unspecified atom stereocenters. The van der Waals surface area contributed by atoms with E-state index in [9.17, 15) is 23.3 Å². The number of carbonyl (C=O) groups is 1. The molecule has 12 heteroatoms. The van der Waals surface area contributed by atoms with Crippen LogP contribution in [0.5, 0.6) is 0 Å².